The summed E-state index contributed by atoms with van der Waals surface area (Å²) in [5.74, 6) is 0.0210. The molecule has 0 aliphatic rings. The zero-order chi connectivity index (χ0) is 16.9. The number of benzene rings is 3. The minimum Gasteiger partial charge on any atom is -0.325 e. The van der Waals surface area contributed by atoms with Gasteiger partial charge >= 0.3 is 0 Å². The molecule has 0 radical (unpaired) electrons. The van der Waals surface area contributed by atoms with E-state index in [2.05, 4.69) is 11.4 Å². The van der Waals surface area contributed by atoms with Crippen LogP contribution in [-0.4, -0.2) is 11.2 Å². The van der Waals surface area contributed by atoms with Gasteiger partial charge in [-0.3, -0.25) is 4.79 Å². The molecular formula is C20H18ClNOS. The normalized spacial score (nSPS) is 12.1. The van der Waals surface area contributed by atoms with E-state index in [4.69, 9.17) is 11.6 Å². The van der Waals surface area contributed by atoms with Crippen LogP contribution in [0.4, 0.5) is 5.69 Å². The van der Waals surface area contributed by atoms with E-state index in [9.17, 15) is 4.79 Å². The third-order valence-electron chi connectivity index (χ3n) is 3.77. The Hall–Kier alpha value is -1.97. The van der Waals surface area contributed by atoms with Gasteiger partial charge in [0.05, 0.1) is 5.25 Å². The second-order valence-electron chi connectivity index (χ2n) is 5.52. The number of hydrogen-bond donors (Lipinski definition) is 1. The lowest BCUT2D eigenvalue weighted by Crippen LogP contribution is -2.24. The third-order valence-corrected chi connectivity index (χ3v) is 5.40. The maximum Gasteiger partial charge on any atom is 0.237 e. The van der Waals surface area contributed by atoms with Gasteiger partial charge < -0.3 is 5.32 Å². The van der Waals surface area contributed by atoms with Crippen molar-refractivity contribution in [3.05, 3.63) is 71.8 Å². The molecule has 3 aromatic carbocycles. The first-order chi connectivity index (χ1) is 11.7. The van der Waals surface area contributed by atoms with Crippen LogP contribution in [0.15, 0.2) is 71.6 Å². The number of hydrogen-bond acceptors (Lipinski definition) is 2. The monoisotopic (exact) mass is 355 g/mol. The molecule has 0 aromatic heterocycles. The van der Waals surface area contributed by atoms with Crippen LogP contribution in [0, 0.1) is 0 Å². The molecule has 0 spiro atoms. The number of fused-ring (bicyclic) bond motifs is 1. The molecule has 24 heavy (non-hydrogen) atoms. The van der Waals surface area contributed by atoms with Crippen molar-refractivity contribution in [3.8, 4) is 0 Å². The highest BCUT2D eigenvalue weighted by molar-refractivity contribution is 8.00. The average Bonchev–Trinajstić information content (AvgIpc) is 2.61. The molecule has 3 rings (SSSR count). The van der Waals surface area contributed by atoms with Crippen molar-refractivity contribution in [2.45, 2.75) is 23.5 Å². The maximum absolute atomic E-state index is 12.6. The van der Waals surface area contributed by atoms with Gasteiger partial charge in [0.15, 0.2) is 0 Å². The standard InChI is InChI=1S/C20H18ClNOS/c1-2-19(24-18-11-8-16(21)9-12-18)20(23)22-17-10-7-14-5-3-4-6-15(14)13-17/h3-13,19H,2H2,1H3,(H,22,23)/t19-/m0/s1. The van der Waals surface area contributed by atoms with E-state index in [0.717, 1.165) is 27.8 Å². The van der Waals surface area contributed by atoms with E-state index in [1.165, 1.54) is 0 Å². The molecule has 0 heterocycles. The van der Waals surface area contributed by atoms with Crippen molar-refractivity contribution in [2.75, 3.05) is 5.32 Å². The number of thioether (sulfide) groups is 1. The van der Waals surface area contributed by atoms with Gasteiger partial charge in [-0.2, -0.15) is 0 Å². The summed E-state index contributed by atoms with van der Waals surface area (Å²) >= 11 is 7.47. The van der Waals surface area contributed by atoms with Crippen molar-refractivity contribution < 1.29 is 4.79 Å². The second-order valence-corrected chi connectivity index (χ2v) is 7.23. The molecule has 0 saturated carbocycles. The molecule has 0 bridgehead atoms. The van der Waals surface area contributed by atoms with Crippen LogP contribution in [0.5, 0.6) is 0 Å². The minimum atomic E-state index is -0.141. The molecule has 0 fully saturated rings. The lowest BCUT2D eigenvalue weighted by molar-refractivity contribution is -0.115. The van der Waals surface area contributed by atoms with Crippen molar-refractivity contribution in [1.82, 2.24) is 0 Å². The zero-order valence-corrected chi connectivity index (χ0v) is 14.9. The summed E-state index contributed by atoms with van der Waals surface area (Å²) in [5.41, 5.74) is 0.828. The number of nitrogens with one attached hydrogen (secondary N) is 1. The van der Waals surface area contributed by atoms with Crippen LogP contribution in [0.3, 0.4) is 0 Å². The van der Waals surface area contributed by atoms with E-state index in [1.807, 2.05) is 67.6 Å². The lowest BCUT2D eigenvalue weighted by atomic mass is 10.1. The largest absolute Gasteiger partial charge is 0.325 e. The summed E-state index contributed by atoms with van der Waals surface area (Å²) in [5, 5.41) is 5.88. The highest BCUT2D eigenvalue weighted by atomic mass is 35.5. The Morgan fingerprint density at radius 1 is 1.04 bits per heavy atom. The molecule has 0 unspecified atom stereocenters. The Kier molecular flexibility index (Phi) is 5.44. The molecule has 0 saturated heterocycles. The van der Waals surface area contributed by atoms with Crippen molar-refractivity contribution in [3.63, 3.8) is 0 Å². The summed E-state index contributed by atoms with van der Waals surface area (Å²) in [6.45, 7) is 2.02. The predicted octanol–water partition coefficient (Wildman–Crippen LogP) is 6.00. The van der Waals surface area contributed by atoms with Crippen molar-refractivity contribution in [1.29, 1.82) is 0 Å². The van der Waals surface area contributed by atoms with E-state index < -0.39 is 0 Å². The molecule has 1 N–H and O–H groups in total. The van der Waals surface area contributed by atoms with E-state index >= 15 is 0 Å². The van der Waals surface area contributed by atoms with E-state index in [0.29, 0.717) is 5.02 Å². The molecule has 4 heteroatoms. The number of halogens is 1. The molecule has 1 atom stereocenters. The molecule has 3 aromatic rings. The third kappa shape index (κ3) is 4.11. The second kappa shape index (κ2) is 7.73. The fourth-order valence-electron chi connectivity index (χ4n) is 2.49. The predicted molar refractivity (Wildman–Crippen MR) is 104 cm³/mol. The number of carbonyl (C=O) groups is 1. The highest BCUT2D eigenvalue weighted by Gasteiger charge is 2.18. The first-order valence-electron chi connectivity index (χ1n) is 7.87. The van der Waals surface area contributed by atoms with Crippen LogP contribution in [0.2, 0.25) is 5.02 Å². The topological polar surface area (TPSA) is 29.1 Å². The summed E-state index contributed by atoms with van der Waals surface area (Å²) in [6, 6.07) is 21.7. The molecule has 0 aliphatic carbocycles. The first kappa shape index (κ1) is 16.9. The molecule has 122 valence electrons. The van der Waals surface area contributed by atoms with Crippen LogP contribution in [0.25, 0.3) is 10.8 Å². The Labute approximate surface area is 151 Å². The van der Waals surface area contributed by atoms with Gasteiger partial charge in [-0.25, -0.2) is 0 Å². The quantitative estimate of drug-likeness (QED) is 0.568. The van der Waals surface area contributed by atoms with Gasteiger partial charge in [0.25, 0.3) is 0 Å². The van der Waals surface area contributed by atoms with Gasteiger partial charge in [0, 0.05) is 15.6 Å². The van der Waals surface area contributed by atoms with Crippen molar-refractivity contribution in [2.24, 2.45) is 0 Å². The van der Waals surface area contributed by atoms with Crippen molar-refractivity contribution >= 4 is 45.7 Å². The smallest absolute Gasteiger partial charge is 0.237 e. The van der Waals surface area contributed by atoms with Crippen LogP contribution in [-0.2, 0) is 4.79 Å². The zero-order valence-electron chi connectivity index (χ0n) is 13.3. The van der Waals surface area contributed by atoms with Crippen LogP contribution in [0.1, 0.15) is 13.3 Å². The Bertz CT molecular complexity index is 848. The Morgan fingerprint density at radius 2 is 1.75 bits per heavy atom. The number of carbonyl (C=O) groups excluding carboxylic acids is 1. The number of amides is 1. The van der Waals surface area contributed by atoms with Gasteiger partial charge in [0.2, 0.25) is 5.91 Å². The fraction of sp³-hybridized carbons (Fsp3) is 0.150. The first-order valence-corrected chi connectivity index (χ1v) is 9.13. The molecule has 2 nitrogen and oxygen atoms in total. The molecule has 1 amide bonds. The Balaban J connectivity index is 1.72. The van der Waals surface area contributed by atoms with Gasteiger partial charge in [-0.1, -0.05) is 48.9 Å². The van der Waals surface area contributed by atoms with Crippen LogP contribution < -0.4 is 5.32 Å². The van der Waals surface area contributed by atoms with Gasteiger partial charge in [-0.05, 0) is 53.6 Å². The van der Waals surface area contributed by atoms with E-state index in [1.54, 1.807) is 11.8 Å². The SMILES string of the molecule is CC[C@H](Sc1ccc(Cl)cc1)C(=O)Nc1ccc2ccccc2c1. The van der Waals surface area contributed by atoms with Crippen LogP contribution >= 0.6 is 23.4 Å². The summed E-state index contributed by atoms with van der Waals surface area (Å²) in [7, 11) is 0. The van der Waals surface area contributed by atoms with E-state index in [-0.39, 0.29) is 11.2 Å². The average molecular weight is 356 g/mol. The maximum atomic E-state index is 12.6. The minimum absolute atomic E-state index is 0.0210. The fourth-order valence-corrected chi connectivity index (χ4v) is 3.57. The summed E-state index contributed by atoms with van der Waals surface area (Å²) < 4.78 is 0. The molecular weight excluding hydrogens is 338 g/mol. The Morgan fingerprint density at radius 3 is 2.46 bits per heavy atom. The lowest BCUT2D eigenvalue weighted by Gasteiger charge is -2.15. The summed E-state index contributed by atoms with van der Waals surface area (Å²) in [4.78, 5) is 13.6. The number of rotatable bonds is 5. The van der Waals surface area contributed by atoms with Gasteiger partial charge in [0.1, 0.15) is 0 Å². The highest BCUT2D eigenvalue weighted by Crippen LogP contribution is 2.28. The summed E-state index contributed by atoms with van der Waals surface area (Å²) in [6.07, 6.45) is 0.757. The number of anilines is 1. The molecule has 0 aliphatic heterocycles. The van der Waals surface area contributed by atoms with Gasteiger partial charge in [-0.15, -0.1) is 11.8 Å².